The van der Waals surface area contributed by atoms with Gasteiger partial charge >= 0.3 is 0 Å². The number of hydrogen-bond donors (Lipinski definition) is 0. The predicted octanol–water partition coefficient (Wildman–Crippen LogP) is 1.26. The fraction of sp³-hybridized carbons (Fsp3) is 0.400. The van der Waals surface area contributed by atoms with Gasteiger partial charge in [0.25, 0.3) is 0 Å². The minimum atomic E-state index is 0.853. The average molecular weight is 83.1 g/mol. The van der Waals surface area contributed by atoms with Crippen molar-refractivity contribution < 1.29 is 0 Å². The summed E-state index contributed by atoms with van der Waals surface area (Å²) in [6.07, 6.45) is 3.36. The quantitative estimate of drug-likeness (QED) is 0.446. The SMILES string of the molecule is C=C/C=N\CC. The van der Waals surface area contributed by atoms with Crippen LogP contribution in [0.5, 0.6) is 0 Å². The first-order valence-electron chi connectivity index (χ1n) is 2.02. The minimum absolute atomic E-state index is 0.853. The van der Waals surface area contributed by atoms with Crippen molar-refractivity contribution in [2.45, 2.75) is 6.92 Å². The first-order chi connectivity index (χ1) is 2.91. The van der Waals surface area contributed by atoms with E-state index >= 15 is 0 Å². The monoisotopic (exact) mass is 83.1 g/mol. The summed E-state index contributed by atoms with van der Waals surface area (Å²) in [5.41, 5.74) is 0. The molecular weight excluding hydrogens is 74.1 g/mol. The Kier molecular flexibility index (Phi) is 3.98. The fourth-order valence-corrected chi connectivity index (χ4v) is 0.180. The standard InChI is InChI=1S/C5H9N/c1-3-5-6-4-2/h3,5H,1,4H2,2H3/b6-5-. The minimum Gasteiger partial charge on any atom is -0.293 e. The number of hydrogen-bond acceptors (Lipinski definition) is 1. The molecule has 0 bridgehead atoms. The lowest BCUT2D eigenvalue weighted by Crippen LogP contribution is -1.65. The molecule has 0 unspecified atom stereocenters. The molecule has 0 aliphatic rings. The summed E-state index contributed by atoms with van der Waals surface area (Å²) in [6.45, 7) is 6.29. The van der Waals surface area contributed by atoms with Crippen LogP contribution in [0.25, 0.3) is 0 Å². The fourth-order valence-electron chi connectivity index (χ4n) is 0.180. The summed E-state index contributed by atoms with van der Waals surface area (Å²) in [5.74, 6) is 0. The van der Waals surface area contributed by atoms with Crippen LogP contribution in [-0.4, -0.2) is 12.8 Å². The molecule has 0 atom stereocenters. The highest BCUT2D eigenvalue weighted by Gasteiger charge is 1.54. The molecule has 0 N–H and O–H groups in total. The largest absolute Gasteiger partial charge is 0.293 e. The lowest BCUT2D eigenvalue weighted by atomic mass is 10.7. The zero-order chi connectivity index (χ0) is 4.83. The molecule has 0 heterocycles. The highest BCUT2D eigenvalue weighted by Crippen LogP contribution is 1.60. The Morgan fingerprint density at radius 2 is 2.50 bits per heavy atom. The third-order valence-electron chi connectivity index (χ3n) is 0.393. The highest BCUT2D eigenvalue weighted by molar-refractivity contribution is 5.69. The topological polar surface area (TPSA) is 12.4 Å². The summed E-state index contributed by atoms with van der Waals surface area (Å²) in [5, 5.41) is 0. The van der Waals surface area contributed by atoms with Crippen LogP contribution in [-0.2, 0) is 0 Å². The van der Waals surface area contributed by atoms with Crippen molar-refractivity contribution in [1.29, 1.82) is 0 Å². The summed E-state index contributed by atoms with van der Waals surface area (Å²) in [4.78, 5) is 3.85. The summed E-state index contributed by atoms with van der Waals surface area (Å²) < 4.78 is 0. The van der Waals surface area contributed by atoms with Gasteiger partial charge in [0.2, 0.25) is 0 Å². The van der Waals surface area contributed by atoms with Crippen molar-refractivity contribution in [3.05, 3.63) is 12.7 Å². The molecule has 0 radical (unpaired) electrons. The van der Waals surface area contributed by atoms with E-state index < -0.39 is 0 Å². The third-order valence-corrected chi connectivity index (χ3v) is 0.393. The summed E-state index contributed by atoms with van der Waals surface area (Å²) in [6, 6.07) is 0. The maximum atomic E-state index is 3.85. The Bertz CT molecular complexity index is 55.0. The molecule has 1 nitrogen and oxygen atoms in total. The van der Waals surface area contributed by atoms with E-state index in [2.05, 4.69) is 11.6 Å². The third kappa shape index (κ3) is 3.41. The first-order valence-corrected chi connectivity index (χ1v) is 2.02. The van der Waals surface area contributed by atoms with Crippen molar-refractivity contribution in [3.8, 4) is 0 Å². The lowest BCUT2D eigenvalue weighted by molar-refractivity contribution is 1.14. The van der Waals surface area contributed by atoms with Gasteiger partial charge in [0.15, 0.2) is 0 Å². The summed E-state index contributed by atoms with van der Waals surface area (Å²) >= 11 is 0. The molecule has 0 rings (SSSR count). The molecule has 0 amide bonds. The van der Waals surface area contributed by atoms with E-state index in [0.29, 0.717) is 0 Å². The van der Waals surface area contributed by atoms with Gasteiger partial charge in [0.1, 0.15) is 0 Å². The van der Waals surface area contributed by atoms with Gasteiger partial charge in [-0.1, -0.05) is 12.7 Å². The second-order valence-corrected chi connectivity index (χ2v) is 0.884. The zero-order valence-corrected chi connectivity index (χ0v) is 4.02. The molecular formula is C5H9N. The second kappa shape index (κ2) is 4.41. The molecule has 0 aromatic heterocycles. The van der Waals surface area contributed by atoms with Gasteiger partial charge in [0, 0.05) is 12.8 Å². The number of aliphatic imine (C=N–C) groups is 1. The molecule has 0 aromatic rings. The number of rotatable bonds is 2. The van der Waals surface area contributed by atoms with Gasteiger partial charge in [-0.3, -0.25) is 4.99 Å². The highest BCUT2D eigenvalue weighted by atomic mass is 14.7. The normalized spacial score (nSPS) is 9.50. The van der Waals surface area contributed by atoms with Crippen LogP contribution in [0, 0.1) is 0 Å². The summed E-state index contributed by atoms with van der Waals surface area (Å²) in [7, 11) is 0. The molecule has 0 fully saturated rings. The van der Waals surface area contributed by atoms with Crippen LogP contribution < -0.4 is 0 Å². The van der Waals surface area contributed by atoms with Gasteiger partial charge in [-0.2, -0.15) is 0 Å². The smallest absolute Gasteiger partial charge is 0.0360 e. The molecule has 6 heavy (non-hydrogen) atoms. The van der Waals surface area contributed by atoms with Crippen LogP contribution in [0.4, 0.5) is 0 Å². The van der Waals surface area contributed by atoms with Gasteiger partial charge < -0.3 is 0 Å². The molecule has 0 saturated carbocycles. The molecule has 1 heteroatoms. The van der Waals surface area contributed by atoms with Crippen LogP contribution in [0.2, 0.25) is 0 Å². The first kappa shape index (κ1) is 5.41. The van der Waals surface area contributed by atoms with Gasteiger partial charge in [0.05, 0.1) is 0 Å². The maximum Gasteiger partial charge on any atom is 0.0360 e. The molecule has 0 saturated heterocycles. The van der Waals surface area contributed by atoms with Crippen molar-refractivity contribution in [2.75, 3.05) is 6.54 Å². The van der Waals surface area contributed by atoms with Crippen molar-refractivity contribution in [1.82, 2.24) is 0 Å². The number of nitrogens with zero attached hydrogens (tertiary/aromatic N) is 1. The Balaban J connectivity index is 2.94. The van der Waals surface area contributed by atoms with Crippen LogP contribution in [0.1, 0.15) is 6.92 Å². The van der Waals surface area contributed by atoms with Crippen LogP contribution in [0.3, 0.4) is 0 Å². The van der Waals surface area contributed by atoms with Gasteiger partial charge in [-0.25, -0.2) is 0 Å². The number of allylic oxidation sites excluding steroid dienone is 1. The van der Waals surface area contributed by atoms with Crippen molar-refractivity contribution in [2.24, 2.45) is 4.99 Å². The molecule has 34 valence electrons. The van der Waals surface area contributed by atoms with E-state index in [-0.39, 0.29) is 0 Å². The van der Waals surface area contributed by atoms with Gasteiger partial charge in [-0.05, 0) is 6.92 Å². The maximum absolute atomic E-state index is 3.85. The Morgan fingerprint density at radius 1 is 1.83 bits per heavy atom. The van der Waals surface area contributed by atoms with Crippen molar-refractivity contribution in [3.63, 3.8) is 0 Å². The van der Waals surface area contributed by atoms with E-state index in [1.54, 1.807) is 12.3 Å². The zero-order valence-electron chi connectivity index (χ0n) is 4.02. The Labute approximate surface area is 38.4 Å². The molecule has 0 aliphatic carbocycles. The van der Waals surface area contributed by atoms with Crippen LogP contribution >= 0.6 is 0 Å². The predicted molar refractivity (Wildman–Crippen MR) is 29.2 cm³/mol. The van der Waals surface area contributed by atoms with E-state index in [1.807, 2.05) is 6.92 Å². The van der Waals surface area contributed by atoms with Crippen LogP contribution in [0.15, 0.2) is 17.6 Å². The van der Waals surface area contributed by atoms with E-state index in [9.17, 15) is 0 Å². The average Bonchev–Trinajstić information content (AvgIpc) is 1.61. The molecule has 0 spiro atoms. The van der Waals surface area contributed by atoms with Gasteiger partial charge in [-0.15, -0.1) is 0 Å². The van der Waals surface area contributed by atoms with E-state index in [1.165, 1.54) is 0 Å². The molecule has 0 aliphatic heterocycles. The van der Waals surface area contributed by atoms with E-state index in [4.69, 9.17) is 0 Å². The second-order valence-electron chi connectivity index (χ2n) is 0.884. The Morgan fingerprint density at radius 3 is 2.67 bits per heavy atom. The van der Waals surface area contributed by atoms with E-state index in [0.717, 1.165) is 6.54 Å². The molecule has 0 aromatic carbocycles. The Hall–Kier alpha value is -0.590. The lowest BCUT2D eigenvalue weighted by Gasteiger charge is -1.70. The van der Waals surface area contributed by atoms with Crippen molar-refractivity contribution >= 4 is 6.21 Å².